The molecule has 1 atom stereocenters. The summed E-state index contributed by atoms with van der Waals surface area (Å²) in [6.07, 6.45) is 1.86. The molecule has 1 aromatic carbocycles. The second-order valence-corrected chi connectivity index (χ2v) is 4.81. The van der Waals surface area contributed by atoms with E-state index in [2.05, 4.69) is 15.0 Å². The van der Waals surface area contributed by atoms with Crippen molar-refractivity contribution in [3.63, 3.8) is 0 Å². The summed E-state index contributed by atoms with van der Waals surface area (Å²) < 4.78 is 9.76. The van der Waals surface area contributed by atoms with E-state index in [0.29, 0.717) is 5.56 Å². The molecular formula is C17H16N2O5. The molecule has 1 heterocycles. The van der Waals surface area contributed by atoms with E-state index >= 15 is 0 Å². The number of aromatic nitrogens is 1. The van der Waals surface area contributed by atoms with Crippen LogP contribution < -0.4 is 5.32 Å². The maximum Gasteiger partial charge on any atom is 0.339 e. The Kier molecular flexibility index (Phi) is 5.62. The number of methoxy groups -OCH3 is 1. The van der Waals surface area contributed by atoms with E-state index in [-0.39, 0.29) is 11.3 Å². The van der Waals surface area contributed by atoms with Gasteiger partial charge in [0.1, 0.15) is 0 Å². The van der Waals surface area contributed by atoms with Crippen molar-refractivity contribution in [2.24, 2.45) is 0 Å². The minimum atomic E-state index is -1.05. The Hall–Kier alpha value is -3.22. The lowest BCUT2D eigenvalue weighted by molar-refractivity contribution is -0.123. The summed E-state index contributed by atoms with van der Waals surface area (Å²) in [4.78, 5) is 39.6. The molecule has 0 aliphatic heterocycles. The molecule has 0 aliphatic rings. The average molecular weight is 328 g/mol. The Morgan fingerprint density at radius 3 is 2.38 bits per heavy atom. The first kappa shape index (κ1) is 17.1. The number of carbonyl (C=O) groups is 3. The van der Waals surface area contributed by atoms with Gasteiger partial charge in [-0.25, -0.2) is 9.59 Å². The van der Waals surface area contributed by atoms with Crippen LogP contribution in [0.25, 0.3) is 0 Å². The summed E-state index contributed by atoms with van der Waals surface area (Å²) in [6, 6.07) is 9.36. The number of hydrogen-bond donors (Lipinski definition) is 1. The van der Waals surface area contributed by atoms with Crippen LogP contribution in [0.2, 0.25) is 0 Å². The fourth-order valence-electron chi connectivity index (χ4n) is 1.88. The number of benzene rings is 1. The summed E-state index contributed by atoms with van der Waals surface area (Å²) in [5.41, 5.74) is 0.779. The molecule has 0 aliphatic carbocycles. The molecule has 1 N–H and O–H groups in total. The van der Waals surface area contributed by atoms with E-state index < -0.39 is 23.9 Å². The Morgan fingerprint density at radius 2 is 1.71 bits per heavy atom. The molecule has 0 bridgehead atoms. The zero-order valence-corrected chi connectivity index (χ0v) is 13.2. The maximum atomic E-state index is 12.2. The summed E-state index contributed by atoms with van der Waals surface area (Å²) in [6.45, 7) is 1.44. The number of nitrogens with zero attached hydrogens (tertiary/aromatic N) is 1. The van der Waals surface area contributed by atoms with Crippen molar-refractivity contribution in [1.29, 1.82) is 0 Å². The van der Waals surface area contributed by atoms with Gasteiger partial charge in [0.2, 0.25) is 0 Å². The molecule has 0 spiro atoms. The monoisotopic (exact) mass is 328 g/mol. The predicted molar refractivity (Wildman–Crippen MR) is 85.5 cm³/mol. The highest BCUT2D eigenvalue weighted by atomic mass is 16.5. The van der Waals surface area contributed by atoms with E-state index in [0.717, 1.165) is 0 Å². The van der Waals surface area contributed by atoms with E-state index in [1.54, 1.807) is 18.2 Å². The van der Waals surface area contributed by atoms with Crippen molar-refractivity contribution >= 4 is 23.5 Å². The van der Waals surface area contributed by atoms with Crippen LogP contribution >= 0.6 is 0 Å². The van der Waals surface area contributed by atoms with Gasteiger partial charge in [0.05, 0.1) is 23.9 Å². The third-order valence-corrected chi connectivity index (χ3v) is 3.16. The smallest absolute Gasteiger partial charge is 0.339 e. The van der Waals surface area contributed by atoms with Crippen LogP contribution in [0, 0.1) is 0 Å². The van der Waals surface area contributed by atoms with Crippen molar-refractivity contribution in [2.75, 3.05) is 12.4 Å². The van der Waals surface area contributed by atoms with Gasteiger partial charge in [-0.3, -0.25) is 9.78 Å². The van der Waals surface area contributed by atoms with E-state index in [1.165, 1.54) is 44.6 Å². The highest BCUT2D eigenvalue weighted by molar-refractivity contribution is 6.03. The van der Waals surface area contributed by atoms with Gasteiger partial charge < -0.3 is 14.8 Å². The van der Waals surface area contributed by atoms with Gasteiger partial charge in [0, 0.05) is 12.4 Å². The SMILES string of the molecule is COC(=O)c1ccccc1NC(=O)C(C)OC(=O)c1ccncc1. The number of rotatable bonds is 5. The first-order valence-corrected chi connectivity index (χ1v) is 7.12. The van der Waals surface area contributed by atoms with Crippen LogP contribution in [0.1, 0.15) is 27.6 Å². The molecule has 1 unspecified atom stereocenters. The number of para-hydroxylation sites is 1. The third kappa shape index (κ3) is 4.16. The molecular weight excluding hydrogens is 312 g/mol. The second-order valence-electron chi connectivity index (χ2n) is 4.81. The molecule has 0 fully saturated rings. The maximum absolute atomic E-state index is 12.2. The lowest BCUT2D eigenvalue weighted by Gasteiger charge is -2.15. The lowest BCUT2D eigenvalue weighted by Crippen LogP contribution is -2.30. The van der Waals surface area contributed by atoms with E-state index in [1.807, 2.05) is 0 Å². The highest BCUT2D eigenvalue weighted by Gasteiger charge is 2.21. The summed E-state index contributed by atoms with van der Waals surface area (Å²) in [7, 11) is 1.25. The largest absolute Gasteiger partial charge is 0.465 e. The summed E-state index contributed by atoms with van der Waals surface area (Å²) >= 11 is 0. The molecule has 24 heavy (non-hydrogen) atoms. The van der Waals surface area contributed by atoms with Crippen LogP contribution in [0.15, 0.2) is 48.8 Å². The molecule has 1 amide bonds. The third-order valence-electron chi connectivity index (χ3n) is 3.16. The lowest BCUT2D eigenvalue weighted by atomic mass is 10.1. The zero-order chi connectivity index (χ0) is 17.5. The number of carbonyl (C=O) groups excluding carboxylic acids is 3. The minimum absolute atomic E-state index is 0.209. The average Bonchev–Trinajstić information content (AvgIpc) is 2.62. The minimum Gasteiger partial charge on any atom is -0.465 e. The Balaban J connectivity index is 2.05. The molecule has 0 saturated heterocycles. The number of nitrogens with one attached hydrogen (secondary N) is 1. The van der Waals surface area contributed by atoms with Gasteiger partial charge in [0.15, 0.2) is 6.10 Å². The predicted octanol–water partition coefficient (Wildman–Crippen LogP) is 2.05. The van der Waals surface area contributed by atoms with Crippen molar-refractivity contribution < 1.29 is 23.9 Å². The number of pyridine rings is 1. The van der Waals surface area contributed by atoms with Crippen molar-refractivity contribution in [1.82, 2.24) is 4.98 Å². The molecule has 0 saturated carbocycles. The van der Waals surface area contributed by atoms with Gasteiger partial charge in [-0.05, 0) is 31.2 Å². The molecule has 2 rings (SSSR count). The fraction of sp³-hybridized carbons (Fsp3) is 0.176. The first-order valence-electron chi connectivity index (χ1n) is 7.12. The topological polar surface area (TPSA) is 94.6 Å². The van der Waals surface area contributed by atoms with Gasteiger partial charge in [-0.15, -0.1) is 0 Å². The molecule has 124 valence electrons. The quantitative estimate of drug-likeness (QED) is 0.844. The Labute approximate surface area is 138 Å². The number of anilines is 1. The molecule has 7 heteroatoms. The van der Waals surface area contributed by atoms with E-state index in [9.17, 15) is 14.4 Å². The number of esters is 2. The number of amides is 1. The van der Waals surface area contributed by atoms with Crippen molar-refractivity contribution in [3.8, 4) is 0 Å². The van der Waals surface area contributed by atoms with E-state index in [4.69, 9.17) is 4.74 Å². The van der Waals surface area contributed by atoms with Crippen LogP contribution in [0.5, 0.6) is 0 Å². The van der Waals surface area contributed by atoms with Gasteiger partial charge in [0.25, 0.3) is 5.91 Å². The molecule has 0 radical (unpaired) electrons. The van der Waals surface area contributed by atoms with Crippen LogP contribution in [-0.2, 0) is 14.3 Å². The molecule has 7 nitrogen and oxygen atoms in total. The Bertz CT molecular complexity index is 746. The van der Waals surface area contributed by atoms with Gasteiger partial charge >= 0.3 is 11.9 Å². The summed E-state index contributed by atoms with van der Waals surface area (Å²) in [5.74, 6) is -1.78. The normalized spacial score (nSPS) is 11.2. The van der Waals surface area contributed by atoms with Crippen molar-refractivity contribution in [2.45, 2.75) is 13.0 Å². The number of ether oxygens (including phenoxy) is 2. The van der Waals surface area contributed by atoms with Gasteiger partial charge in [-0.1, -0.05) is 12.1 Å². The molecule has 1 aromatic heterocycles. The Morgan fingerprint density at radius 1 is 1.04 bits per heavy atom. The second kappa shape index (κ2) is 7.87. The standard InChI is InChI=1S/C17H16N2O5/c1-11(24-16(21)12-7-9-18-10-8-12)15(20)19-14-6-4-3-5-13(14)17(22)23-2/h3-11H,1-2H3,(H,19,20). The molecule has 2 aromatic rings. The fourth-order valence-corrected chi connectivity index (χ4v) is 1.88. The van der Waals surface area contributed by atoms with Crippen LogP contribution in [0.4, 0.5) is 5.69 Å². The van der Waals surface area contributed by atoms with Crippen LogP contribution in [-0.4, -0.2) is 36.0 Å². The summed E-state index contributed by atoms with van der Waals surface area (Å²) in [5, 5.41) is 2.55. The first-order chi connectivity index (χ1) is 11.5. The highest BCUT2D eigenvalue weighted by Crippen LogP contribution is 2.16. The van der Waals surface area contributed by atoms with Crippen LogP contribution in [0.3, 0.4) is 0 Å². The van der Waals surface area contributed by atoms with Crippen molar-refractivity contribution in [3.05, 3.63) is 59.9 Å². The zero-order valence-electron chi connectivity index (χ0n) is 13.2. The van der Waals surface area contributed by atoms with Gasteiger partial charge in [-0.2, -0.15) is 0 Å². The number of hydrogen-bond acceptors (Lipinski definition) is 6.